The molecule has 1 aliphatic heterocycles. The van der Waals surface area contributed by atoms with E-state index in [2.05, 4.69) is 37.2 Å². The maximum atomic E-state index is 10.2. The lowest BCUT2D eigenvalue weighted by Gasteiger charge is -2.15. The van der Waals surface area contributed by atoms with Crippen molar-refractivity contribution >= 4 is 22.3 Å². The highest BCUT2D eigenvalue weighted by Crippen LogP contribution is 2.26. The summed E-state index contributed by atoms with van der Waals surface area (Å²) in [5.41, 5.74) is 1.18. The van der Waals surface area contributed by atoms with E-state index in [-0.39, 0.29) is 0 Å². The van der Waals surface area contributed by atoms with Crippen LogP contribution in [0.1, 0.15) is 38.0 Å². The zero-order chi connectivity index (χ0) is 20.6. The summed E-state index contributed by atoms with van der Waals surface area (Å²) in [6.07, 6.45) is 7.26. The van der Waals surface area contributed by atoms with Gasteiger partial charge in [-0.2, -0.15) is 0 Å². The number of carbonyl (C=O) groups excluding carboxylic acids is 1. The second-order valence-corrected chi connectivity index (χ2v) is 6.95. The fraction of sp³-hybridized carbons (Fsp3) is 0.524. The summed E-state index contributed by atoms with van der Waals surface area (Å²) in [6, 6.07) is 6.09. The number of hydrogen-bond acceptors (Lipinski definition) is 5. The Morgan fingerprint density at radius 3 is 2.61 bits per heavy atom. The molecule has 156 valence electrons. The molecule has 0 bridgehead atoms. The average Bonchev–Trinajstić information content (AvgIpc) is 3.40. The molecule has 28 heavy (non-hydrogen) atoms. The third kappa shape index (κ3) is 9.90. The number of aromatic nitrogens is 1. The third-order valence-corrected chi connectivity index (χ3v) is 4.68. The van der Waals surface area contributed by atoms with Crippen LogP contribution < -0.4 is 10.1 Å². The minimum atomic E-state index is 0.658. The Morgan fingerprint density at radius 1 is 1.32 bits per heavy atom. The van der Waals surface area contributed by atoms with Crippen molar-refractivity contribution in [3.05, 3.63) is 46.6 Å². The molecule has 0 spiro atoms. The molecule has 0 atom stereocenters. The number of nitrogens with one attached hydrogen (secondary N) is 1. The molecule has 2 aromatic rings. The van der Waals surface area contributed by atoms with Gasteiger partial charge in [0, 0.05) is 13.1 Å². The van der Waals surface area contributed by atoms with Gasteiger partial charge in [0.2, 0.25) is 6.41 Å². The Labute approximate surface area is 176 Å². The largest absolute Gasteiger partial charge is 0.491 e. The van der Waals surface area contributed by atoms with Crippen LogP contribution in [0, 0.1) is 6.92 Å². The number of oxazole rings is 1. The molecule has 1 saturated heterocycles. The molecule has 1 fully saturated rings. The SMILES string of the molecule is CC.Cc1cnco1.O=CNCCc1ccc(OCCN2CCCC2)c(Br)c1. The summed E-state index contributed by atoms with van der Waals surface area (Å²) < 4.78 is 11.5. The highest BCUT2D eigenvalue weighted by Gasteiger charge is 2.11. The Bertz CT molecular complexity index is 644. The molecular formula is C21H32BrN3O3. The number of rotatable bonds is 8. The molecule has 0 saturated carbocycles. The average molecular weight is 454 g/mol. The summed E-state index contributed by atoms with van der Waals surface area (Å²) in [5.74, 6) is 1.74. The van der Waals surface area contributed by atoms with Crippen molar-refractivity contribution in [2.75, 3.05) is 32.8 Å². The van der Waals surface area contributed by atoms with Crippen LogP contribution in [0.15, 0.2) is 39.7 Å². The summed E-state index contributed by atoms with van der Waals surface area (Å²) in [6.45, 7) is 10.6. The van der Waals surface area contributed by atoms with Crippen molar-refractivity contribution in [3.8, 4) is 5.75 Å². The van der Waals surface area contributed by atoms with Crippen molar-refractivity contribution in [2.45, 2.75) is 40.0 Å². The third-order valence-electron chi connectivity index (χ3n) is 4.06. The number of ether oxygens (including phenoxy) is 1. The van der Waals surface area contributed by atoms with E-state index in [1.165, 1.54) is 37.9 Å². The number of likely N-dealkylation sites (tertiary alicyclic amines) is 1. The number of amides is 1. The van der Waals surface area contributed by atoms with Gasteiger partial charge in [-0.05, 0) is 72.9 Å². The van der Waals surface area contributed by atoms with Gasteiger partial charge in [-0.1, -0.05) is 19.9 Å². The standard InChI is InChI=1S/C15H21BrN2O2.C4H5NO.C2H6/c16-14-11-13(5-6-17-12-19)3-4-15(14)20-10-9-18-7-1-2-8-18;1-4-2-5-3-6-4;1-2/h3-4,11-12H,1-2,5-10H2,(H,17,19);2-3H,1H3;1-2H3. The summed E-state index contributed by atoms with van der Waals surface area (Å²) in [5, 5.41) is 2.66. The van der Waals surface area contributed by atoms with E-state index in [9.17, 15) is 4.79 Å². The van der Waals surface area contributed by atoms with E-state index in [0.717, 1.165) is 42.0 Å². The van der Waals surface area contributed by atoms with Crippen LogP contribution in [-0.4, -0.2) is 49.1 Å². The Kier molecular flexibility index (Phi) is 13.0. The van der Waals surface area contributed by atoms with Gasteiger partial charge in [0.1, 0.15) is 18.1 Å². The Morgan fingerprint density at radius 2 is 2.07 bits per heavy atom. The maximum absolute atomic E-state index is 10.2. The lowest BCUT2D eigenvalue weighted by molar-refractivity contribution is -0.109. The van der Waals surface area contributed by atoms with Crippen LogP contribution >= 0.6 is 15.9 Å². The van der Waals surface area contributed by atoms with Gasteiger partial charge >= 0.3 is 0 Å². The number of nitrogens with zero attached hydrogens (tertiary/aromatic N) is 2. The fourth-order valence-electron chi connectivity index (χ4n) is 2.66. The second kappa shape index (κ2) is 15.1. The van der Waals surface area contributed by atoms with Crippen LogP contribution in [-0.2, 0) is 11.2 Å². The first-order valence-corrected chi connectivity index (χ1v) is 10.6. The molecule has 7 heteroatoms. The molecule has 1 aromatic heterocycles. The van der Waals surface area contributed by atoms with Gasteiger partial charge in [0.25, 0.3) is 0 Å². The van der Waals surface area contributed by atoms with Crippen LogP contribution in [0.25, 0.3) is 0 Å². The molecule has 1 amide bonds. The number of halogens is 1. The van der Waals surface area contributed by atoms with Crippen molar-refractivity contribution in [1.29, 1.82) is 0 Å². The van der Waals surface area contributed by atoms with Crippen LogP contribution in [0.4, 0.5) is 0 Å². The van der Waals surface area contributed by atoms with Gasteiger partial charge in [-0.25, -0.2) is 4.98 Å². The van der Waals surface area contributed by atoms with Crippen molar-refractivity contribution < 1.29 is 13.9 Å². The van der Waals surface area contributed by atoms with Gasteiger partial charge < -0.3 is 14.5 Å². The van der Waals surface area contributed by atoms with Crippen molar-refractivity contribution in [3.63, 3.8) is 0 Å². The summed E-state index contributed by atoms with van der Waals surface area (Å²) in [4.78, 5) is 16.3. The lowest BCUT2D eigenvalue weighted by Crippen LogP contribution is -2.25. The van der Waals surface area contributed by atoms with Crippen molar-refractivity contribution in [1.82, 2.24) is 15.2 Å². The predicted molar refractivity (Wildman–Crippen MR) is 116 cm³/mol. The van der Waals surface area contributed by atoms with E-state index in [1.54, 1.807) is 6.20 Å². The molecule has 6 nitrogen and oxygen atoms in total. The van der Waals surface area contributed by atoms with Crippen molar-refractivity contribution in [2.24, 2.45) is 0 Å². The molecular weight excluding hydrogens is 422 g/mol. The number of carbonyl (C=O) groups is 1. The van der Waals surface area contributed by atoms with Gasteiger partial charge in [0.15, 0.2) is 6.39 Å². The first-order valence-electron chi connectivity index (χ1n) is 9.84. The van der Waals surface area contributed by atoms with Gasteiger partial charge in [0.05, 0.1) is 10.7 Å². The molecule has 0 aliphatic carbocycles. The molecule has 3 rings (SSSR count). The van der Waals surface area contributed by atoms with Gasteiger partial charge in [-0.15, -0.1) is 0 Å². The quantitative estimate of drug-likeness (QED) is 0.478. The van der Waals surface area contributed by atoms with E-state index in [1.807, 2.05) is 32.9 Å². The van der Waals surface area contributed by atoms with Crippen LogP contribution in [0.2, 0.25) is 0 Å². The number of hydrogen-bond donors (Lipinski definition) is 1. The summed E-state index contributed by atoms with van der Waals surface area (Å²) in [7, 11) is 0. The first kappa shape index (κ1) is 24.2. The normalized spacial score (nSPS) is 13.0. The molecule has 1 aromatic carbocycles. The smallest absolute Gasteiger partial charge is 0.207 e. The minimum Gasteiger partial charge on any atom is -0.491 e. The van der Waals surface area contributed by atoms with Crippen LogP contribution in [0.5, 0.6) is 5.75 Å². The van der Waals surface area contributed by atoms with E-state index < -0.39 is 0 Å². The highest BCUT2D eigenvalue weighted by molar-refractivity contribution is 9.10. The fourth-order valence-corrected chi connectivity index (χ4v) is 3.20. The molecule has 1 N–H and O–H groups in total. The molecule has 0 radical (unpaired) electrons. The Hall–Kier alpha value is -1.86. The lowest BCUT2D eigenvalue weighted by atomic mass is 10.1. The number of aryl methyl sites for hydroxylation is 1. The highest BCUT2D eigenvalue weighted by atomic mass is 79.9. The Balaban J connectivity index is 0.000000411. The second-order valence-electron chi connectivity index (χ2n) is 6.10. The van der Waals surface area contributed by atoms with E-state index in [4.69, 9.17) is 9.15 Å². The topological polar surface area (TPSA) is 67.6 Å². The first-order chi connectivity index (χ1) is 13.7. The minimum absolute atomic E-state index is 0.658. The number of benzene rings is 1. The van der Waals surface area contributed by atoms with Crippen LogP contribution in [0.3, 0.4) is 0 Å². The zero-order valence-corrected chi connectivity index (χ0v) is 18.7. The monoisotopic (exact) mass is 453 g/mol. The van der Waals surface area contributed by atoms with E-state index >= 15 is 0 Å². The predicted octanol–water partition coefficient (Wildman–Crippen LogP) is 4.22. The maximum Gasteiger partial charge on any atom is 0.207 e. The molecule has 1 aliphatic rings. The summed E-state index contributed by atoms with van der Waals surface area (Å²) >= 11 is 3.54. The van der Waals surface area contributed by atoms with Gasteiger partial charge in [-0.3, -0.25) is 9.69 Å². The zero-order valence-electron chi connectivity index (χ0n) is 17.1. The molecule has 2 heterocycles. The molecule has 0 unspecified atom stereocenters. The van der Waals surface area contributed by atoms with E-state index in [0.29, 0.717) is 6.54 Å².